The highest BCUT2D eigenvalue weighted by Gasteiger charge is 2.19. The Balaban J connectivity index is 2.11. The van der Waals surface area contributed by atoms with Gasteiger partial charge in [0, 0.05) is 29.9 Å². The molecule has 0 saturated carbocycles. The first-order valence-corrected chi connectivity index (χ1v) is 6.73. The Labute approximate surface area is 119 Å². The van der Waals surface area contributed by atoms with E-state index in [1.807, 2.05) is 16.9 Å². The third-order valence-electron chi connectivity index (χ3n) is 2.83. The van der Waals surface area contributed by atoms with Crippen LogP contribution >= 0.6 is 0 Å². The van der Waals surface area contributed by atoms with Gasteiger partial charge in [0.15, 0.2) is 0 Å². The van der Waals surface area contributed by atoms with E-state index in [0.717, 1.165) is 18.2 Å². The molecule has 0 spiro atoms. The Morgan fingerprint density at radius 3 is 2.70 bits per heavy atom. The van der Waals surface area contributed by atoms with Gasteiger partial charge in [-0.25, -0.2) is 9.97 Å². The first kappa shape index (κ1) is 14.3. The molecule has 0 saturated heterocycles. The number of nitrogens with two attached hydrogens (primary N) is 1. The summed E-state index contributed by atoms with van der Waals surface area (Å²) in [5, 5.41) is 7.53. The summed E-state index contributed by atoms with van der Waals surface area (Å²) >= 11 is 0. The molecule has 20 heavy (non-hydrogen) atoms. The van der Waals surface area contributed by atoms with Crippen LogP contribution in [0.1, 0.15) is 33.5 Å². The number of anilines is 2. The molecule has 2 rings (SSSR count). The van der Waals surface area contributed by atoms with Crippen molar-refractivity contribution < 1.29 is 0 Å². The summed E-state index contributed by atoms with van der Waals surface area (Å²) in [5.74, 6) is 1.98. The molecule has 6 heteroatoms. The van der Waals surface area contributed by atoms with E-state index in [0.29, 0.717) is 5.82 Å². The van der Waals surface area contributed by atoms with Crippen LogP contribution in [0.3, 0.4) is 0 Å². The van der Waals surface area contributed by atoms with E-state index in [4.69, 9.17) is 5.73 Å². The Bertz CT molecular complexity index is 556. The summed E-state index contributed by atoms with van der Waals surface area (Å²) in [5.41, 5.74) is 5.73. The van der Waals surface area contributed by atoms with Crippen LogP contribution in [0.15, 0.2) is 24.5 Å². The van der Waals surface area contributed by atoms with Gasteiger partial charge in [-0.15, -0.1) is 0 Å². The predicted octanol–water partition coefficient (Wildman–Crippen LogP) is 2.05. The topological polar surface area (TPSA) is 81.7 Å². The summed E-state index contributed by atoms with van der Waals surface area (Å²) in [7, 11) is 0. The zero-order valence-corrected chi connectivity index (χ0v) is 12.5. The molecule has 1 unspecified atom stereocenters. The van der Waals surface area contributed by atoms with E-state index in [-0.39, 0.29) is 11.5 Å². The molecule has 3 N–H and O–H groups in total. The van der Waals surface area contributed by atoms with Crippen LogP contribution in [0.4, 0.5) is 11.6 Å². The van der Waals surface area contributed by atoms with Crippen molar-refractivity contribution in [1.82, 2.24) is 19.7 Å². The summed E-state index contributed by atoms with van der Waals surface area (Å²) in [4.78, 5) is 8.84. The first-order chi connectivity index (χ1) is 9.34. The van der Waals surface area contributed by atoms with Gasteiger partial charge in [0.2, 0.25) is 0 Å². The van der Waals surface area contributed by atoms with Crippen LogP contribution in [0, 0.1) is 0 Å². The maximum absolute atomic E-state index is 5.86. The van der Waals surface area contributed by atoms with Crippen molar-refractivity contribution in [3.63, 3.8) is 0 Å². The Morgan fingerprint density at radius 1 is 1.35 bits per heavy atom. The van der Waals surface area contributed by atoms with Gasteiger partial charge in [-0.1, -0.05) is 20.8 Å². The molecule has 108 valence electrons. The normalized spacial score (nSPS) is 13.2. The van der Waals surface area contributed by atoms with Crippen LogP contribution in [0.25, 0.3) is 0 Å². The largest absolute Gasteiger partial charge is 0.384 e. The number of hydrogen-bond donors (Lipinski definition) is 2. The Hall–Kier alpha value is -2.11. The molecule has 2 aromatic rings. The summed E-state index contributed by atoms with van der Waals surface area (Å²) < 4.78 is 1.88. The van der Waals surface area contributed by atoms with E-state index >= 15 is 0 Å². The van der Waals surface area contributed by atoms with Gasteiger partial charge < -0.3 is 11.1 Å². The maximum atomic E-state index is 5.86. The highest BCUT2D eigenvalue weighted by atomic mass is 15.3. The number of nitrogen functional groups attached to an aromatic ring is 1. The zero-order valence-electron chi connectivity index (χ0n) is 12.5. The van der Waals surface area contributed by atoms with Gasteiger partial charge in [-0.05, 0) is 13.0 Å². The molecule has 0 radical (unpaired) electrons. The average Bonchev–Trinajstić information content (AvgIpc) is 2.79. The van der Waals surface area contributed by atoms with E-state index < -0.39 is 0 Å². The number of aromatic nitrogens is 4. The number of rotatable bonds is 4. The molecular formula is C14H22N6. The highest BCUT2D eigenvalue weighted by Crippen LogP contribution is 2.21. The number of nitrogens with one attached hydrogen (secondary N) is 1. The molecule has 0 aliphatic heterocycles. The van der Waals surface area contributed by atoms with Crippen LogP contribution in [-0.2, 0) is 12.0 Å². The third-order valence-corrected chi connectivity index (χ3v) is 2.83. The second kappa shape index (κ2) is 5.48. The molecule has 2 aromatic heterocycles. The van der Waals surface area contributed by atoms with Crippen molar-refractivity contribution in [1.29, 1.82) is 0 Å². The van der Waals surface area contributed by atoms with Crippen molar-refractivity contribution in [2.45, 2.75) is 45.7 Å². The van der Waals surface area contributed by atoms with Crippen LogP contribution in [0.2, 0.25) is 0 Å². The average molecular weight is 274 g/mol. The standard InChI is InChI=1S/C14H22N6/c1-10(9-20-7-5-6-16-20)17-12-8-11(15)18-13(19-12)14(2,3)4/h5-8,10H,9H2,1-4H3,(H3,15,17,18,19). The summed E-state index contributed by atoms with van der Waals surface area (Å²) in [6, 6.07) is 3.86. The lowest BCUT2D eigenvalue weighted by molar-refractivity contribution is 0.541. The van der Waals surface area contributed by atoms with Gasteiger partial charge >= 0.3 is 0 Å². The monoisotopic (exact) mass is 274 g/mol. The molecule has 0 aromatic carbocycles. The van der Waals surface area contributed by atoms with Crippen LogP contribution in [0.5, 0.6) is 0 Å². The van der Waals surface area contributed by atoms with E-state index in [9.17, 15) is 0 Å². The van der Waals surface area contributed by atoms with Crippen molar-refractivity contribution >= 4 is 11.6 Å². The molecule has 0 bridgehead atoms. The van der Waals surface area contributed by atoms with Crippen LogP contribution < -0.4 is 11.1 Å². The van der Waals surface area contributed by atoms with Gasteiger partial charge in [0.05, 0.1) is 6.54 Å². The number of nitrogens with zero attached hydrogens (tertiary/aromatic N) is 4. The van der Waals surface area contributed by atoms with E-state index in [1.165, 1.54) is 0 Å². The minimum absolute atomic E-state index is 0.128. The number of hydrogen-bond acceptors (Lipinski definition) is 5. The van der Waals surface area contributed by atoms with Gasteiger partial charge in [-0.2, -0.15) is 5.10 Å². The van der Waals surface area contributed by atoms with Crippen molar-refractivity contribution in [2.75, 3.05) is 11.1 Å². The lowest BCUT2D eigenvalue weighted by Gasteiger charge is -2.20. The lowest BCUT2D eigenvalue weighted by Crippen LogP contribution is -2.24. The molecule has 1 atom stereocenters. The minimum Gasteiger partial charge on any atom is -0.384 e. The molecule has 0 amide bonds. The molecule has 6 nitrogen and oxygen atoms in total. The second-order valence-electron chi connectivity index (χ2n) is 6.03. The fraction of sp³-hybridized carbons (Fsp3) is 0.500. The summed E-state index contributed by atoms with van der Waals surface area (Å²) in [6.45, 7) is 9.05. The zero-order chi connectivity index (χ0) is 14.8. The third kappa shape index (κ3) is 3.69. The van der Waals surface area contributed by atoms with Gasteiger partial charge in [0.1, 0.15) is 17.5 Å². The molecule has 0 fully saturated rings. The maximum Gasteiger partial charge on any atom is 0.138 e. The van der Waals surface area contributed by atoms with Gasteiger partial charge in [-0.3, -0.25) is 4.68 Å². The Kier molecular flexibility index (Phi) is 3.92. The second-order valence-corrected chi connectivity index (χ2v) is 6.03. The van der Waals surface area contributed by atoms with Crippen LogP contribution in [-0.4, -0.2) is 25.8 Å². The van der Waals surface area contributed by atoms with E-state index in [2.05, 4.69) is 48.1 Å². The van der Waals surface area contributed by atoms with E-state index in [1.54, 1.807) is 12.3 Å². The fourth-order valence-corrected chi connectivity index (χ4v) is 1.86. The van der Waals surface area contributed by atoms with Crippen molar-refractivity contribution in [3.05, 3.63) is 30.4 Å². The summed E-state index contributed by atoms with van der Waals surface area (Å²) in [6.07, 6.45) is 3.71. The van der Waals surface area contributed by atoms with Crippen molar-refractivity contribution in [3.8, 4) is 0 Å². The highest BCUT2D eigenvalue weighted by molar-refractivity contribution is 5.45. The molecule has 0 aliphatic carbocycles. The Morgan fingerprint density at radius 2 is 2.10 bits per heavy atom. The smallest absolute Gasteiger partial charge is 0.138 e. The first-order valence-electron chi connectivity index (χ1n) is 6.73. The van der Waals surface area contributed by atoms with Gasteiger partial charge in [0.25, 0.3) is 0 Å². The quantitative estimate of drug-likeness (QED) is 0.891. The fourth-order valence-electron chi connectivity index (χ4n) is 1.86. The molecule has 2 heterocycles. The molecule has 0 aliphatic rings. The molecular weight excluding hydrogens is 252 g/mol. The SMILES string of the molecule is CC(Cn1cccn1)Nc1cc(N)nc(C(C)(C)C)n1. The van der Waals surface area contributed by atoms with Crippen molar-refractivity contribution in [2.24, 2.45) is 0 Å². The lowest BCUT2D eigenvalue weighted by atomic mass is 9.96. The predicted molar refractivity (Wildman–Crippen MR) is 80.5 cm³/mol. The minimum atomic E-state index is -0.128.